The van der Waals surface area contributed by atoms with Crippen LogP contribution >= 0.6 is 0 Å². The summed E-state index contributed by atoms with van der Waals surface area (Å²) in [6, 6.07) is 3.51. The fraction of sp³-hybridized carbons (Fsp3) is 0.481. The Bertz CT molecular complexity index is 1410. The van der Waals surface area contributed by atoms with Crippen LogP contribution < -0.4 is 16.0 Å². The van der Waals surface area contributed by atoms with Crippen molar-refractivity contribution in [2.75, 3.05) is 49.6 Å². The molecule has 0 aliphatic carbocycles. The lowest BCUT2D eigenvalue weighted by molar-refractivity contribution is 0.0184. The summed E-state index contributed by atoms with van der Waals surface area (Å²) in [5.41, 5.74) is 5.78. The molecule has 41 heavy (non-hydrogen) atoms. The number of piperidine rings is 1. The highest BCUT2D eigenvalue weighted by Gasteiger charge is 2.29. The minimum atomic E-state index is -0.779. The second-order valence-corrected chi connectivity index (χ2v) is 10.9. The van der Waals surface area contributed by atoms with Crippen molar-refractivity contribution in [1.82, 2.24) is 24.6 Å². The topological polar surface area (TPSA) is 171 Å². The number of rotatable bonds is 6. The Morgan fingerprint density at radius 2 is 1.85 bits per heavy atom. The zero-order valence-corrected chi connectivity index (χ0v) is 23.3. The fourth-order valence-corrected chi connectivity index (χ4v) is 4.71. The van der Waals surface area contributed by atoms with E-state index >= 15 is 0 Å². The third kappa shape index (κ3) is 6.65. The number of likely N-dealkylation sites (tertiary alicyclic amines) is 1. The second-order valence-electron chi connectivity index (χ2n) is 10.9. The van der Waals surface area contributed by atoms with Gasteiger partial charge < -0.3 is 34.7 Å². The summed E-state index contributed by atoms with van der Waals surface area (Å²) >= 11 is 0. The molecule has 3 N–H and O–H groups in total. The highest BCUT2D eigenvalue weighted by Crippen LogP contribution is 2.27. The van der Waals surface area contributed by atoms with Crippen LogP contribution in [-0.2, 0) is 9.47 Å². The average molecular weight is 567 g/mol. The lowest BCUT2D eigenvalue weighted by atomic mass is 10.1. The van der Waals surface area contributed by atoms with E-state index in [2.05, 4.69) is 25.3 Å². The van der Waals surface area contributed by atoms with E-state index in [0.717, 1.165) is 18.9 Å². The van der Waals surface area contributed by atoms with E-state index in [0.29, 0.717) is 44.7 Å². The highest BCUT2D eigenvalue weighted by molar-refractivity contribution is 6.07. The van der Waals surface area contributed by atoms with Crippen LogP contribution in [0.15, 0.2) is 35.2 Å². The number of hydrogen-bond acceptors (Lipinski definition) is 10. The number of oxazole rings is 1. The number of carbonyl (C=O) groups excluding carboxylic acids is 3. The predicted octanol–water partition coefficient (Wildman–Crippen LogP) is 2.69. The number of carbonyl (C=O) groups is 3. The van der Waals surface area contributed by atoms with Crippen LogP contribution in [0, 0.1) is 0 Å². The Morgan fingerprint density at radius 1 is 1.12 bits per heavy atom. The number of nitrogens with one attached hydrogen (secondary N) is 1. The number of primary amides is 1. The molecule has 5 heterocycles. The molecule has 0 spiro atoms. The van der Waals surface area contributed by atoms with Crippen molar-refractivity contribution in [2.45, 2.75) is 45.3 Å². The second kappa shape index (κ2) is 11.6. The number of nitrogens with zero attached hydrogens (tertiary/aromatic N) is 6. The fourth-order valence-electron chi connectivity index (χ4n) is 4.71. The van der Waals surface area contributed by atoms with E-state index in [1.165, 1.54) is 6.26 Å². The lowest BCUT2D eigenvalue weighted by Gasteiger charge is -2.33. The summed E-state index contributed by atoms with van der Waals surface area (Å²) in [4.78, 5) is 50.1. The molecule has 5 rings (SSSR count). The van der Waals surface area contributed by atoms with Gasteiger partial charge in [-0.2, -0.15) is 5.10 Å². The standard InChI is InChI=1S/C27H34N8O6/c1-27(2,3)41-26(38)34-8-5-18(6-9-34)35-15-19(22(32-35)23(28)36)30-24(37)20-16-40-25(31-20)17-4-7-29-21(14-17)33-10-12-39-13-11-33/h4,7,14-16,18H,5-6,8-13H2,1-3H3,(H2,28,36)(H,30,37). The summed E-state index contributed by atoms with van der Waals surface area (Å²) in [7, 11) is 0. The highest BCUT2D eigenvalue weighted by atomic mass is 16.6. The van der Waals surface area contributed by atoms with Gasteiger partial charge in [0, 0.05) is 44.1 Å². The normalized spacial score (nSPS) is 16.5. The number of morpholine rings is 1. The average Bonchev–Trinajstić information content (AvgIpc) is 3.61. The molecule has 0 radical (unpaired) electrons. The summed E-state index contributed by atoms with van der Waals surface area (Å²) in [6.45, 7) is 9.13. The first-order valence-corrected chi connectivity index (χ1v) is 13.5. The Balaban J connectivity index is 1.25. The SMILES string of the molecule is CC(C)(C)OC(=O)N1CCC(n2cc(NC(=O)c3coc(-c4ccnc(N5CCOCC5)c4)n3)c(C(N)=O)n2)CC1. The Labute approximate surface area is 236 Å². The molecule has 0 bridgehead atoms. The monoisotopic (exact) mass is 566 g/mol. The maximum Gasteiger partial charge on any atom is 0.410 e. The van der Waals surface area contributed by atoms with Crippen LogP contribution in [0.5, 0.6) is 0 Å². The van der Waals surface area contributed by atoms with E-state index in [4.69, 9.17) is 19.6 Å². The zero-order chi connectivity index (χ0) is 29.1. The first kappa shape index (κ1) is 28.1. The Morgan fingerprint density at radius 3 is 2.54 bits per heavy atom. The van der Waals surface area contributed by atoms with Crippen LogP contribution in [0.4, 0.5) is 16.3 Å². The molecule has 3 aromatic rings. The van der Waals surface area contributed by atoms with Crippen molar-refractivity contribution >= 4 is 29.4 Å². The number of pyridine rings is 1. The number of amides is 3. The van der Waals surface area contributed by atoms with Crippen LogP contribution in [0.3, 0.4) is 0 Å². The summed E-state index contributed by atoms with van der Waals surface area (Å²) in [5.74, 6) is -0.331. The van der Waals surface area contributed by atoms with Gasteiger partial charge in [0.1, 0.15) is 17.7 Å². The minimum Gasteiger partial charge on any atom is -0.444 e. The largest absolute Gasteiger partial charge is 0.444 e. The number of nitrogens with two attached hydrogens (primary N) is 1. The van der Waals surface area contributed by atoms with Gasteiger partial charge in [-0.25, -0.2) is 14.8 Å². The zero-order valence-electron chi connectivity index (χ0n) is 23.3. The van der Waals surface area contributed by atoms with E-state index in [1.54, 1.807) is 28.0 Å². The first-order valence-electron chi connectivity index (χ1n) is 13.5. The van der Waals surface area contributed by atoms with Gasteiger partial charge in [0.2, 0.25) is 5.89 Å². The summed E-state index contributed by atoms with van der Waals surface area (Å²) < 4.78 is 18.1. The van der Waals surface area contributed by atoms with E-state index < -0.39 is 17.4 Å². The molecule has 2 aliphatic rings. The smallest absolute Gasteiger partial charge is 0.410 e. The molecule has 0 unspecified atom stereocenters. The Kier molecular flexibility index (Phi) is 7.92. The third-order valence-electron chi connectivity index (χ3n) is 6.77. The maximum absolute atomic E-state index is 13.1. The molecule has 3 aromatic heterocycles. The third-order valence-corrected chi connectivity index (χ3v) is 6.77. The van der Waals surface area contributed by atoms with Crippen LogP contribution in [0.2, 0.25) is 0 Å². The van der Waals surface area contributed by atoms with Crippen molar-refractivity contribution in [3.05, 3.63) is 42.2 Å². The van der Waals surface area contributed by atoms with Gasteiger partial charge >= 0.3 is 6.09 Å². The van der Waals surface area contributed by atoms with Crippen LogP contribution in [-0.4, -0.2) is 87.5 Å². The molecule has 2 aliphatic heterocycles. The lowest BCUT2D eigenvalue weighted by Crippen LogP contribution is -2.42. The van der Waals surface area contributed by atoms with E-state index in [1.807, 2.05) is 26.8 Å². The minimum absolute atomic E-state index is 0.0265. The number of aromatic nitrogens is 4. The molecule has 218 valence electrons. The number of anilines is 2. The molecular formula is C27H34N8O6. The predicted molar refractivity (Wildman–Crippen MR) is 148 cm³/mol. The molecule has 0 aromatic carbocycles. The summed E-state index contributed by atoms with van der Waals surface area (Å²) in [5, 5.41) is 7.03. The molecule has 2 fully saturated rings. The quantitative estimate of drug-likeness (QED) is 0.452. The van der Waals surface area contributed by atoms with Crippen LogP contribution in [0.1, 0.15) is 60.6 Å². The first-order chi connectivity index (χ1) is 19.6. The van der Waals surface area contributed by atoms with E-state index in [-0.39, 0.29) is 35.1 Å². The molecule has 14 heteroatoms. The van der Waals surface area contributed by atoms with Crippen molar-refractivity contribution in [1.29, 1.82) is 0 Å². The van der Waals surface area contributed by atoms with Gasteiger partial charge in [0.15, 0.2) is 11.4 Å². The van der Waals surface area contributed by atoms with Crippen molar-refractivity contribution in [3.8, 4) is 11.5 Å². The molecule has 2 saturated heterocycles. The van der Waals surface area contributed by atoms with Gasteiger partial charge in [-0.15, -0.1) is 0 Å². The van der Waals surface area contributed by atoms with Crippen LogP contribution in [0.25, 0.3) is 11.5 Å². The van der Waals surface area contributed by atoms with Crippen molar-refractivity contribution < 1.29 is 28.3 Å². The molecule has 0 atom stereocenters. The Hall–Kier alpha value is -4.46. The van der Waals surface area contributed by atoms with Gasteiger partial charge in [-0.05, 0) is 45.7 Å². The number of ether oxygens (including phenoxy) is 2. The van der Waals surface area contributed by atoms with Gasteiger partial charge in [0.25, 0.3) is 11.8 Å². The van der Waals surface area contributed by atoms with Crippen molar-refractivity contribution in [3.63, 3.8) is 0 Å². The molecule has 0 saturated carbocycles. The molecule has 3 amide bonds. The van der Waals surface area contributed by atoms with Crippen molar-refractivity contribution in [2.24, 2.45) is 5.73 Å². The molecular weight excluding hydrogens is 532 g/mol. The molecule has 14 nitrogen and oxygen atoms in total. The summed E-state index contributed by atoms with van der Waals surface area (Å²) in [6.07, 6.45) is 5.31. The van der Waals surface area contributed by atoms with Gasteiger partial charge in [0.05, 0.1) is 24.9 Å². The number of hydrogen-bond donors (Lipinski definition) is 2. The van der Waals surface area contributed by atoms with E-state index in [9.17, 15) is 14.4 Å². The van der Waals surface area contributed by atoms with Gasteiger partial charge in [-0.1, -0.05) is 0 Å². The van der Waals surface area contributed by atoms with Gasteiger partial charge in [-0.3, -0.25) is 14.3 Å². The maximum atomic E-state index is 13.1.